The molecule has 24 heavy (non-hydrogen) atoms. The lowest BCUT2D eigenvalue weighted by molar-refractivity contribution is 0.104. The molecule has 5 rings (SSSR count). The minimum atomic E-state index is -0.00170. The lowest BCUT2D eigenvalue weighted by atomic mass is 9.87. The SMILES string of the molecule is Nc1nc2ccc3c(c2s1)C(=O)C=C(c1ccc2c(c1)OCO2)C3. The van der Waals surface area contributed by atoms with Gasteiger partial charge in [-0.1, -0.05) is 23.5 Å². The molecule has 0 spiro atoms. The second kappa shape index (κ2) is 4.82. The van der Waals surface area contributed by atoms with Crippen molar-refractivity contribution in [2.24, 2.45) is 0 Å². The Kier molecular flexibility index (Phi) is 2.72. The average Bonchev–Trinajstić information content (AvgIpc) is 3.18. The molecule has 2 aliphatic rings. The molecule has 0 unspecified atom stereocenters. The predicted octanol–water partition coefficient (Wildman–Crippen LogP) is 3.43. The van der Waals surface area contributed by atoms with E-state index in [0.29, 0.717) is 11.6 Å². The summed E-state index contributed by atoms with van der Waals surface area (Å²) in [6, 6.07) is 9.66. The first kappa shape index (κ1) is 13.6. The van der Waals surface area contributed by atoms with Gasteiger partial charge in [-0.25, -0.2) is 4.98 Å². The maximum atomic E-state index is 12.7. The topological polar surface area (TPSA) is 74.4 Å². The Morgan fingerprint density at radius 3 is 2.92 bits per heavy atom. The van der Waals surface area contributed by atoms with Gasteiger partial charge >= 0.3 is 0 Å². The van der Waals surface area contributed by atoms with Crippen LogP contribution in [-0.4, -0.2) is 17.6 Å². The predicted molar refractivity (Wildman–Crippen MR) is 92.6 cm³/mol. The van der Waals surface area contributed by atoms with Crippen molar-refractivity contribution in [1.29, 1.82) is 0 Å². The second-order valence-electron chi connectivity index (χ2n) is 5.78. The Balaban J connectivity index is 1.61. The number of rotatable bonds is 1. The molecular formula is C18H12N2O3S. The average molecular weight is 336 g/mol. The fourth-order valence-electron chi connectivity index (χ4n) is 3.24. The van der Waals surface area contributed by atoms with Gasteiger partial charge in [0.2, 0.25) is 6.79 Å². The van der Waals surface area contributed by atoms with E-state index in [9.17, 15) is 4.79 Å². The molecule has 2 aromatic carbocycles. The molecule has 0 saturated carbocycles. The minimum Gasteiger partial charge on any atom is -0.454 e. The van der Waals surface area contributed by atoms with Crippen LogP contribution in [0.5, 0.6) is 11.5 Å². The van der Waals surface area contributed by atoms with Crippen molar-refractivity contribution in [3.63, 3.8) is 0 Å². The van der Waals surface area contributed by atoms with E-state index in [0.717, 1.165) is 44.0 Å². The van der Waals surface area contributed by atoms with Crippen LogP contribution in [-0.2, 0) is 6.42 Å². The van der Waals surface area contributed by atoms with Gasteiger partial charge in [-0.2, -0.15) is 0 Å². The van der Waals surface area contributed by atoms with Gasteiger partial charge in [0.25, 0.3) is 0 Å². The van der Waals surface area contributed by atoms with Crippen LogP contribution in [0.2, 0.25) is 0 Å². The molecule has 2 N–H and O–H groups in total. The summed E-state index contributed by atoms with van der Waals surface area (Å²) in [5, 5.41) is 0.483. The zero-order chi connectivity index (χ0) is 16.3. The number of ketones is 1. The van der Waals surface area contributed by atoms with Crippen molar-refractivity contribution in [2.75, 3.05) is 12.5 Å². The molecule has 0 radical (unpaired) electrons. The summed E-state index contributed by atoms with van der Waals surface area (Å²) in [7, 11) is 0. The molecule has 1 aromatic heterocycles. The standard InChI is InChI=1S/C18H12N2O3S/c19-18-20-12-3-1-10-5-11(6-13(21)16(10)17(12)24-18)9-2-4-14-15(7-9)23-8-22-14/h1-4,6-7H,5,8H2,(H2,19,20). The van der Waals surface area contributed by atoms with E-state index in [2.05, 4.69) is 4.98 Å². The van der Waals surface area contributed by atoms with Gasteiger partial charge < -0.3 is 15.2 Å². The maximum absolute atomic E-state index is 12.7. The molecule has 5 nitrogen and oxygen atoms in total. The number of carbonyl (C=O) groups excluding carboxylic acids is 1. The maximum Gasteiger partial charge on any atom is 0.231 e. The summed E-state index contributed by atoms with van der Waals surface area (Å²) in [6.45, 7) is 0.240. The molecule has 0 atom stereocenters. The van der Waals surface area contributed by atoms with Gasteiger partial charge in [-0.05, 0) is 47.4 Å². The summed E-state index contributed by atoms with van der Waals surface area (Å²) in [6.07, 6.45) is 2.39. The van der Waals surface area contributed by atoms with E-state index in [1.165, 1.54) is 11.3 Å². The van der Waals surface area contributed by atoms with Crippen LogP contribution in [0.15, 0.2) is 36.4 Å². The number of anilines is 1. The Hall–Kier alpha value is -2.86. The molecule has 6 heteroatoms. The molecule has 0 saturated heterocycles. The number of ether oxygens (including phenoxy) is 2. The summed E-state index contributed by atoms with van der Waals surface area (Å²) in [5.74, 6) is 1.46. The number of fused-ring (bicyclic) bond motifs is 4. The molecule has 0 fully saturated rings. The van der Waals surface area contributed by atoms with Gasteiger partial charge in [0.05, 0.1) is 10.2 Å². The molecule has 1 aliphatic heterocycles. The van der Waals surface area contributed by atoms with Crippen molar-refractivity contribution in [3.8, 4) is 11.5 Å². The first-order valence-corrected chi connectivity index (χ1v) is 8.33. The van der Waals surface area contributed by atoms with E-state index in [4.69, 9.17) is 15.2 Å². The third-order valence-electron chi connectivity index (χ3n) is 4.34. The van der Waals surface area contributed by atoms with Gasteiger partial charge in [0.15, 0.2) is 22.4 Å². The largest absolute Gasteiger partial charge is 0.454 e. The highest BCUT2D eigenvalue weighted by molar-refractivity contribution is 7.22. The van der Waals surface area contributed by atoms with E-state index in [1.807, 2.05) is 30.3 Å². The van der Waals surface area contributed by atoms with Crippen LogP contribution >= 0.6 is 11.3 Å². The molecule has 1 aliphatic carbocycles. The highest BCUT2D eigenvalue weighted by Crippen LogP contribution is 2.38. The summed E-state index contributed by atoms with van der Waals surface area (Å²) >= 11 is 1.36. The highest BCUT2D eigenvalue weighted by atomic mass is 32.1. The smallest absolute Gasteiger partial charge is 0.231 e. The van der Waals surface area contributed by atoms with Crippen LogP contribution < -0.4 is 15.2 Å². The summed E-state index contributed by atoms with van der Waals surface area (Å²) < 4.78 is 11.6. The zero-order valence-electron chi connectivity index (χ0n) is 12.5. The quantitative estimate of drug-likeness (QED) is 0.737. The normalized spacial score (nSPS) is 15.5. The van der Waals surface area contributed by atoms with E-state index in [-0.39, 0.29) is 12.6 Å². The third-order valence-corrected chi connectivity index (χ3v) is 5.25. The van der Waals surface area contributed by atoms with Gasteiger partial charge in [0.1, 0.15) is 0 Å². The molecular weight excluding hydrogens is 324 g/mol. The lowest BCUT2D eigenvalue weighted by Crippen LogP contribution is -2.09. The number of allylic oxidation sites excluding steroid dienone is 2. The van der Waals surface area contributed by atoms with Crippen LogP contribution in [0.4, 0.5) is 5.13 Å². The number of nitrogens with two attached hydrogens (primary N) is 1. The Bertz CT molecular complexity index is 1050. The minimum absolute atomic E-state index is 0.00170. The molecule has 118 valence electrons. The molecule has 0 bridgehead atoms. The fourth-order valence-corrected chi connectivity index (χ4v) is 4.14. The molecule has 2 heterocycles. The Morgan fingerprint density at radius 1 is 1.12 bits per heavy atom. The van der Waals surface area contributed by atoms with E-state index >= 15 is 0 Å². The van der Waals surface area contributed by atoms with Gasteiger partial charge in [0, 0.05) is 5.56 Å². The molecule has 3 aromatic rings. The fraction of sp³-hybridized carbons (Fsp3) is 0.111. The number of thiazole rings is 1. The third kappa shape index (κ3) is 1.93. The van der Waals surface area contributed by atoms with Crippen LogP contribution in [0.3, 0.4) is 0 Å². The van der Waals surface area contributed by atoms with Crippen molar-refractivity contribution in [2.45, 2.75) is 6.42 Å². The first-order chi connectivity index (χ1) is 11.7. The molecule has 0 amide bonds. The second-order valence-corrected chi connectivity index (χ2v) is 6.81. The number of aromatic nitrogens is 1. The van der Waals surface area contributed by atoms with Crippen LogP contribution in [0.25, 0.3) is 15.8 Å². The summed E-state index contributed by atoms with van der Waals surface area (Å²) in [4.78, 5) is 17.0. The first-order valence-electron chi connectivity index (χ1n) is 7.52. The number of hydrogen-bond acceptors (Lipinski definition) is 6. The lowest BCUT2D eigenvalue weighted by Gasteiger charge is -2.17. The number of benzene rings is 2. The van der Waals surface area contributed by atoms with Crippen molar-refractivity contribution in [1.82, 2.24) is 4.98 Å². The zero-order valence-corrected chi connectivity index (χ0v) is 13.4. The Morgan fingerprint density at radius 2 is 2.00 bits per heavy atom. The summed E-state index contributed by atoms with van der Waals surface area (Å²) in [5.41, 5.74) is 10.3. The van der Waals surface area contributed by atoms with Gasteiger partial charge in [-0.3, -0.25) is 4.79 Å². The highest BCUT2D eigenvalue weighted by Gasteiger charge is 2.24. The van der Waals surface area contributed by atoms with Crippen LogP contribution in [0, 0.1) is 0 Å². The van der Waals surface area contributed by atoms with Crippen molar-refractivity contribution >= 4 is 38.0 Å². The number of nitrogens with zero attached hydrogens (tertiary/aromatic N) is 1. The number of hydrogen-bond donors (Lipinski definition) is 1. The van der Waals surface area contributed by atoms with Crippen molar-refractivity contribution < 1.29 is 14.3 Å². The van der Waals surface area contributed by atoms with Crippen LogP contribution in [0.1, 0.15) is 21.5 Å². The Labute approximate surface area is 141 Å². The van der Waals surface area contributed by atoms with Gasteiger partial charge in [-0.15, -0.1) is 0 Å². The van der Waals surface area contributed by atoms with E-state index in [1.54, 1.807) is 6.08 Å². The van der Waals surface area contributed by atoms with E-state index < -0.39 is 0 Å². The monoisotopic (exact) mass is 336 g/mol. The number of carbonyl (C=O) groups is 1. The van der Waals surface area contributed by atoms with Crippen molar-refractivity contribution in [3.05, 3.63) is 53.1 Å². The number of nitrogen functional groups attached to an aromatic ring is 1.